The van der Waals surface area contributed by atoms with Gasteiger partial charge < -0.3 is 10.4 Å². The molecule has 19 heavy (non-hydrogen) atoms. The molecule has 1 saturated carbocycles. The highest BCUT2D eigenvalue weighted by Crippen LogP contribution is 2.27. The van der Waals surface area contributed by atoms with Crippen LogP contribution in [0, 0.1) is 5.92 Å². The van der Waals surface area contributed by atoms with E-state index in [4.69, 9.17) is 10.6 Å². The molecule has 0 aromatic carbocycles. The summed E-state index contributed by atoms with van der Waals surface area (Å²) in [6.07, 6.45) is 3.58. The molecule has 8 heteroatoms. The monoisotopic (exact) mass is 261 g/mol. The molecule has 0 bridgehead atoms. The molecule has 2 N–H and O–H groups in total. The van der Waals surface area contributed by atoms with E-state index in [1.165, 1.54) is 18.5 Å². The first-order valence-corrected chi connectivity index (χ1v) is 5.64. The van der Waals surface area contributed by atoms with Crippen molar-refractivity contribution < 1.29 is 14.7 Å². The fourth-order valence-corrected chi connectivity index (χ4v) is 1.86. The van der Waals surface area contributed by atoms with Gasteiger partial charge in [-0.25, -0.2) is 0 Å². The molecule has 0 spiro atoms. The maximum atomic E-state index is 11.8. The molecule has 0 radical (unpaired) electrons. The zero-order valence-corrected chi connectivity index (χ0v) is 9.85. The Labute approximate surface area is 108 Å². The van der Waals surface area contributed by atoms with Crippen LogP contribution >= 0.6 is 0 Å². The number of hydrogen-bond donors (Lipinski definition) is 2. The Hall–Kier alpha value is -2.60. The largest absolute Gasteiger partial charge is 0.481 e. The Morgan fingerprint density at radius 3 is 2.84 bits per heavy atom. The molecule has 0 atom stereocenters. The molecule has 1 aliphatic rings. The fraction of sp³-hybridized carbons (Fsp3) is 0.364. The van der Waals surface area contributed by atoms with Crippen LogP contribution < -0.4 is 5.32 Å². The average Bonchev–Trinajstić information content (AvgIpc) is 2.33. The molecule has 1 aromatic heterocycles. The number of aromatic nitrogens is 1. The summed E-state index contributed by atoms with van der Waals surface area (Å²) < 4.78 is 0. The first-order valence-electron chi connectivity index (χ1n) is 5.64. The lowest BCUT2D eigenvalue weighted by atomic mass is 9.80. The van der Waals surface area contributed by atoms with Crippen LogP contribution in [0.1, 0.15) is 23.2 Å². The number of aliphatic carboxylic acids is 1. The molecule has 1 aliphatic carbocycles. The minimum Gasteiger partial charge on any atom is -0.481 e. The number of carboxylic acid groups (broad SMARTS) is 1. The maximum Gasteiger partial charge on any atom is 0.306 e. The second-order valence-electron chi connectivity index (χ2n) is 4.30. The molecule has 1 aromatic rings. The molecule has 0 unspecified atom stereocenters. The van der Waals surface area contributed by atoms with Gasteiger partial charge in [0.2, 0.25) is 0 Å². The van der Waals surface area contributed by atoms with Gasteiger partial charge in [-0.2, -0.15) is 0 Å². The van der Waals surface area contributed by atoms with Crippen LogP contribution in [0.3, 0.4) is 0 Å². The predicted molar refractivity (Wildman–Crippen MR) is 64.7 cm³/mol. The molecule has 1 heterocycles. The Balaban J connectivity index is 1.95. The number of carbonyl (C=O) groups is 2. The molecule has 8 nitrogen and oxygen atoms in total. The lowest BCUT2D eigenvalue weighted by Gasteiger charge is -2.32. The molecular weight excluding hydrogens is 250 g/mol. The first-order chi connectivity index (χ1) is 9.10. The highest BCUT2D eigenvalue weighted by atomic mass is 16.4. The van der Waals surface area contributed by atoms with Crippen LogP contribution in [0.5, 0.6) is 0 Å². The van der Waals surface area contributed by atoms with Gasteiger partial charge in [0.05, 0.1) is 17.2 Å². The molecule has 2 rings (SSSR count). The maximum absolute atomic E-state index is 11.8. The van der Waals surface area contributed by atoms with Gasteiger partial charge in [-0.05, 0) is 24.4 Å². The summed E-state index contributed by atoms with van der Waals surface area (Å²) in [6, 6.07) is 1.30. The average molecular weight is 261 g/mol. The van der Waals surface area contributed by atoms with Crippen molar-refractivity contribution >= 4 is 17.6 Å². The van der Waals surface area contributed by atoms with Crippen LogP contribution in [0.4, 0.5) is 5.69 Å². The summed E-state index contributed by atoms with van der Waals surface area (Å²) in [5, 5.41) is 14.8. The number of carbonyl (C=O) groups excluding carboxylic acids is 1. The van der Waals surface area contributed by atoms with Gasteiger partial charge in [0.25, 0.3) is 5.91 Å². The van der Waals surface area contributed by atoms with Crippen molar-refractivity contribution in [3.8, 4) is 0 Å². The number of rotatable bonds is 4. The Morgan fingerprint density at radius 1 is 1.47 bits per heavy atom. The van der Waals surface area contributed by atoms with Crippen molar-refractivity contribution in [2.45, 2.75) is 18.9 Å². The van der Waals surface area contributed by atoms with Crippen molar-refractivity contribution in [3.05, 3.63) is 34.5 Å². The summed E-state index contributed by atoms with van der Waals surface area (Å²) in [5.41, 5.74) is 8.84. The Morgan fingerprint density at radius 2 is 2.21 bits per heavy atom. The zero-order valence-electron chi connectivity index (χ0n) is 9.85. The fourth-order valence-electron chi connectivity index (χ4n) is 1.86. The van der Waals surface area contributed by atoms with Gasteiger partial charge in [-0.3, -0.25) is 14.6 Å². The third-order valence-corrected chi connectivity index (χ3v) is 2.97. The van der Waals surface area contributed by atoms with Crippen molar-refractivity contribution in [2.75, 3.05) is 0 Å². The SMILES string of the molecule is [N-]=[N+]=Nc1cncc(C(=O)NC2CC(C(=O)O)C2)c1. The van der Waals surface area contributed by atoms with E-state index in [9.17, 15) is 9.59 Å². The van der Waals surface area contributed by atoms with Crippen LogP contribution in [-0.2, 0) is 4.79 Å². The van der Waals surface area contributed by atoms with Gasteiger partial charge in [-0.15, -0.1) is 0 Å². The summed E-state index contributed by atoms with van der Waals surface area (Å²) in [4.78, 5) is 28.9. The number of pyridine rings is 1. The normalized spacial score (nSPS) is 20.8. The lowest BCUT2D eigenvalue weighted by Crippen LogP contribution is -2.46. The highest BCUT2D eigenvalue weighted by Gasteiger charge is 2.35. The zero-order chi connectivity index (χ0) is 13.8. The number of nitrogens with zero attached hydrogens (tertiary/aromatic N) is 4. The van der Waals surface area contributed by atoms with E-state index >= 15 is 0 Å². The van der Waals surface area contributed by atoms with Crippen molar-refractivity contribution in [3.63, 3.8) is 0 Å². The minimum atomic E-state index is -0.836. The van der Waals surface area contributed by atoms with Crippen LogP contribution in [0.2, 0.25) is 0 Å². The lowest BCUT2D eigenvalue weighted by molar-refractivity contribution is -0.145. The summed E-state index contributed by atoms with van der Waals surface area (Å²) >= 11 is 0. The highest BCUT2D eigenvalue weighted by molar-refractivity contribution is 5.95. The molecule has 1 amide bonds. The van der Waals surface area contributed by atoms with Crippen LogP contribution in [0.15, 0.2) is 23.6 Å². The van der Waals surface area contributed by atoms with Crippen molar-refractivity contribution in [2.24, 2.45) is 11.0 Å². The van der Waals surface area contributed by atoms with Crippen molar-refractivity contribution in [1.82, 2.24) is 10.3 Å². The van der Waals surface area contributed by atoms with Gasteiger partial charge in [0, 0.05) is 23.3 Å². The van der Waals surface area contributed by atoms with E-state index in [0.717, 1.165) is 0 Å². The van der Waals surface area contributed by atoms with Crippen LogP contribution in [0.25, 0.3) is 10.4 Å². The Kier molecular flexibility index (Phi) is 3.63. The molecule has 0 aliphatic heterocycles. The number of hydrogen-bond acceptors (Lipinski definition) is 4. The number of carboxylic acids is 1. The summed E-state index contributed by atoms with van der Waals surface area (Å²) in [5.74, 6) is -1.56. The minimum absolute atomic E-state index is 0.128. The number of nitrogens with one attached hydrogen (secondary N) is 1. The van der Waals surface area contributed by atoms with E-state index in [1.807, 2.05) is 0 Å². The van der Waals surface area contributed by atoms with Gasteiger partial charge in [0.15, 0.2) is 0 Å². The molecule has 0 saturated heterocycles. The quantitative estimate of drug-likeness (QED) is 0.484. The van der Waals surface area contributed by atoms with Gasteiger partial charge in [-0.1, -0.05) is 5.11 Å². The molecule has 98 valence electrons. The van der Waals surface area contributed by atoms with E-state index < -0.39 is 5.97 Å². The topological polar surface area (TPSA) is 128 Å². The smallest absolute Gasteiger partial charge is 0.306 e. The van der Waals surface area contributed by atoms with Crippen LogP contribution in [-0.4, -0.2) is 28.0 Å². The standard InChI is InChI=1S/C11H11N5O3/c12-16-15-9-3-7(4-13-5-9)10(17)14-8-1-6(2-8)11(18)19/h3-6,8H,1-2H2,(H,14,17)(H,18,19). The third kappa shape index (κ3) is 2.99. The number of amides is 1. The van der Waals surface area contributed by atoms with Crippen molar-refractivity contribution in [1.29, 1.82) is 0 Å². The first kappa shape index (κ1) is 12.8. The summed E-state index contributed by atoms with van der Waals surface area (Å²) in [7, 11) is 0. The van der Waals surface area contributed by atoms with Gasteiger partial charge in [0.1, 0.15) is 0 Å². The van der Waals surface area contributed by atoms with E-state index in [1.54, 1.807) is 0 Å². The van der Waals surface area contributed by atoms with E-state index in [0.29, 0.717) is 12.8 Å². The molecule has 1 fully saturated rings. The van der Waals surface area contributed by atoms with E-state index in [2.05, 4.69) is 20.3 Å². The second-order valence-corrected chi connectivity index (χ2v) is 4.30. The van der Waals surface area contributed by atoms with E-state index in [-0.39, 0.29) is 29.1 Å². The number of azide groups is 1. The third-order valence-electron chi connectivity index (χ3n) is 2.97. The van der Waals surface area contributed by atoms with Gasteiger partial charge >= 0.3 is 5.97 Å². The molecular formula is C11H11N5O3. The Bertz CT molecular complexity index is 561. The second kappa shape index (κ2) is 5.36. The summed E-state index contributed by atoms with van der Waals surface area (Å²) in [6.45, 7) is 0. The predicted octanol–water partition coefficient (Wildman–Crippen LogP) is 1.62.